The molecule has 0 spiro atoms. The summed E-state index contributed by atoms with van der Waals surface area (Å²) >= 11 is 0. The third-order valence-electron chi connectivity index (χ3n) is 5.26. The van der Waals surface area contributed by atoms with Crippen LogP contribution in [-0.2, 0) is 0 Å². The van der Waals surface area contributed by atoms with E-state index in [0.29, 0.717) is 48.2 Å². The second-order valence-corrected chi connectivity index (χ2v) is 8.15. The molecule has 0 bridgehead atoms. The average Bonchev–Trinajstić information content (AvgIpc) is 2.74. The van der Waals surface area contributed by atoms with Crippen molar-refractivity contribution in [3.05, 3.63) is 59.7 Å². The van der Waals surface area contributed by atoms with Gasteiger partial charge in [-0.1, -0.05) is 32.0 Å². The molecule has 3 rings (SSSR count). The SMILES string of the molecule is CC(C)CCOc1cccc(C(=O)Nc2ccccc2C(=O)N2CCN(C)CC2)c1. The molecule has 1 fully saturated rings. The van der Waals surface area contributed by atoms with E-state index in [9.17, 15) is 9.59 Å². The fourth-order valence-corrected chi connectivity index (χ4v) is 3.29. The molecule has 0 aromatic heterocycles. The first-order valence-electron chi connectivity index (χ1n) is 10.5. The van der Waals surface area contributed by atoms with Gasteiger partial charge in [0, 0.05) is 31.7 Å². The van der Waals surface area contributed by atoms with Gasteiger partial charge >= 0.3 is 0 Å². The first kappa shape index (κ1) is 21.8. The topological polar surface area (TPSA) is 61.9 Å². The molecule has 0 aliphatic carbocycles. The second-order valence-electron chi connectivity index (χ2n) is 8.15. The van der Waals surface area contributed by atoms with Crippen molar-refractivity contribution in [2.45, 2.75) is 20.3 Å². The van der Waals surface area contributed by atoms with Crippen LogP contribution < -0.4 is 10.1 Å². The highest BCUT2D eigenvalue weighted by Crippen LogP contribution is 2.21. The van der Waals surface area contributed by atoms with Crippen molar-refractivity contribution in [3.8, 4) is 5.75 Å². The quantitative estimate of drug-likeness (QED) is 0.757. The Balaban J connectivity index is 1.69. The van der Waals surface area contributed by atoms with Gasteiger partial charge in [0.25, 0.3) is 11.8 Å². The standard InChI is InChI=1S/C24H31N3O3/c1-18(2)11-16-30-20-8-6-7-19(17-20)23(28)25-22-10-5-4-9-21(22)24(29)27-14-12-26(3)13-15-27/h4-10,17-18H,11-16H2,1-3H3,(H,25,28). The Morgan fingerprint density at radius 1 is 1.03 bits per heavy atom. The monoisotopic (exact) mass is 409 g/mol. The lowest BCUT2D eigenvalue weighted by atomic mass is 10.1. The Morgan fingerprint density at radius 2 is 1.77 bits per heavy atom. The summed E-state index contributed by atoms with van der Waals surface area (Å²) < 4.78 is 5.76. The predicted octanol–water partition coefficient (Wildman–Crippen LogP) is 3.75. The highest BCUT2D eigenvalue weighted by Gasteiger charge is 2.23. The number of hydrogen-bond donors (Lipinski definition) is 1. The maximum Gasteiger partial charge on any atom is 0.256 e. The van der Waals surface area contributed by atoms with Crippen LogP contribution in [0.5, 0.6) is 5.75 Å². The maximum atomic E-state index is 13.0. The Bertz CT molecular complexity index is 874. The van der Waals surface area contributed by atoms with Crippen LogP contribution in [0.25, 0.3) is 0 Å². The van der Waals surface area contributed by atoms with E-state index in [0.717, 1.165) is 19.5 Å². The molecule has 0 radical (unpaired) electrons. The van der Waals surface area contributed by atoms with Gasteiger partial charge in [-0.05, 0) is 49.7 Å². The second kappa shape index (κ2) is 10.3. The molecule has 0 unspecified atom stereocenters. The molecule has 2 amide bonds. The first-order chi connectivity index (χ1) is 14.4. The Labute approximate surface area is 178 Å². The number of likely N-dealkylation sites (N-methyl/N-ethyl adjacent to an activating group) is 1. The van der Waals surface area contributed by atoms with Gasteiger partial charge in [-0.15, -0.1) is 0 Å². The fourth-order valence-electron chi connectivity index (χ4n) is 3.29. The summed E-state index contributed by atoms with van der Waals surface area (Å²) in [6.07, 6.45) is 0.957. The number of amides is 2. The molecular formula is C24H31N3O3. The van der Waals surface area contributed by atoms with E-state index in [1.165, 1.54) is 0 Å². The largest absolute Gasteiger partial charge is 0.494 e. The number of ether oxygens (including phenoxy) is 1. The van der Waals surface area contributed by atoms with Crippen LogP contribution in [0.4, 0.5) is 5.69 Å². The summed E-state index contributed by atoms with van der Waals surface area (Å²) in [5.41, 5.74) is 1.54. The minimum absolute atomic E-state index is 0.0511. The fraction of sp³-hybridized carbons (Fsp3) is 0.417. The van der Waals surface area contributed by atoms with Crippen molar-refractivity contribution in [2.24, 2.45) is 5.92 Å². The first-order valence-corrected chi connectivity index (χ1v) is 10.5. The zero-order valence-electron chi connectivity index (χ0n) is 18.1. The molecule has 2 aromatic carbocycles. The Kier molecular flexibility index (Phi) is 7.46. The van der Waals surface area contributed by atoms with E-state index >= 15 is 0 Å². The van der Waals surface area contributed by atoms with Crippen LogP contribution >= 0.6 is 0 Å². The van der Waals surface area contributed by atoms with E-state index in [4.69, 9.17) is 4.74 Å². The van der Waals surface area contributed by atoms with Crippen LogP contribution in [0.15, 0.2) is 48.5 Å². The van der Waals surface area contributed by atoms with Crippen LogP contribution in [0.2, 0.25) is 0 Å². The predicted molar refractivity (Wildman–Crippen MR) is 119 cm³/mol. The van der Waals surface area contributed by atoms with Crippen molar-refractivity contribution >= 4 is 17.5 Å². The van der Waals surface area contributed by atoms with E-state index in [1.54, 1.807) is 30.3 Å². The van der Waals surface area contributed by atoms with Gasteiger partial charge in [0.15, 0.2) is 0 Å². The summed E-state index contributed by atoms with van der Waals surface area (Å²) in [6.45, 7) is 7.99. The van der Waals surface area contributed by atoms with Gasteiger partial charge < -0.3 is 19.9 Å². The third-order valence-corrected chi connectivity index (χ3v) is 5.26. The van der Waals surface area contributed by atoms with E-state index in [-0.39, 0.29) is 11.8 Å². The summed E-state index contributed by atoms with van der Waals surface area (Å²) in [5, 5.41) is 2.90. The number of piperazine rings is 1. The lowest BCUT2D eigenvalue weighted by Gasteiger charge is -2.32. The molecule has 1 heterocycles. The summed E-state index contributed by atoms with van der Waals surface area (Å²) in [5.74, 6) is 0.920. The third kappa shape index (κ3) is 5.83. The van der Waals surface area contributed by atoms with Crippen LogP contribution in [0.3, 0.4) is 0 Å². The number of rotatable bonds is 7. The molecule has 0 atom stereocenters. The summed E-state index contributed by atoms with van der Waals surface area (Å²) in [7, 11) is 2.05. The van der Waals surface area contributed by atoms with Crippen molar-refractivity contribution in [1.82, 2.24) is 9.80 Å². The van der Waals surface area contributed by atoms with Crippen molar-refractivity contribution < 1.29 is 14.3 Å². The molecule has 160 valence electrons. The van der Waals surface area contributed by atoms with Crippen LogP contribution in [-0.4, -0.2) is 61.4 Å². The van der Waals surface area contributed by atoms with Gasteiger partial charge in [0.2, 0.25) is 0 Å². The molecule has 1 aliphatic rings. The summed E-state index contributed by atoms with van der Waals surface area (Å²) in [6, 6.07) is 14.3. The molecule has 0 saturated carbocycles. The number of benzene rings is 2. The highest BCUT2D eigenvalue weighted by molar-refractivity contribution is 6.09. The maximum absolute atomic E-state index is 13.0. The molecule has 1 N–H and O–H groups in total. The number of nitrogens with one attached hydrogen (secondary N) is 1. The van der Waals surface area contributed by atoms with Gasteiger partial charge in [-0.25, -0.2) is 0 Å². The van der Waals surface area contributed by atoms with Crippen LogP contribution in [0.1, 0.15) is 41.0 Å². The number of nitrogens with zero attached hydrogens (tertiary/aromatic N) is 2. The van der Waals surface area contributed by atoms with Gasteiger partial charge in [0.05, 0.1) is 17.9 Å². The molecule has 1 aliphatic heterocycles. The van der Waals surface area contributed by atoms with E-state index in [2.05, 4.69) is 31.1 Å². The minimum atomic E-state index is -0.261. The molecule has 6 nitrogen and oxygen atoms in total. The molecule has 30 heavy (non-hydrogen) atoms. The van der Waals surface area contributed by atoms with Crippen molar-refractivity contribution in [3.63, 3.8) is 0 Å². The van der Waals surface area contributed by atoms with Gasteiger partial charge in [-0.2, -0.15) is 0 Å². The Morgan fingerprint density at radius 3 is 2.50 bits per heavy atom. The smallest absolute Gasteiger partial charge is 0.256 e. The molecule has 6 heteroatoms. The zero-order valence-corrected chi connectivity index (χ0v) is 18.1. The Hall–Kier alpha value is -2.86. The molecule has 2 aromatic rings. The number of carbonyl (C=O) groups excluding carboxylic acids is 2. The van der Waals surface area contributed by atoms with E-state index in [1.807, 2.05) is 23.1 Å². The van der Waals surface area contributed by atoms with Crippen LogP contribution in [0, 0.1) is 5.92 Å². The number of anilines is 1. The number of hydrogen-bond acceptors (Lipinski definition) is 4. The minimum Gasteiger partial charge on any atom is -0.494 e. The lowest BCUT2D eigenvalue weighted by molar-refractivity contribution is 0.0665. The van der Waals surface area contributed by atoms with Gasteiger partial charge in [-0.3, -0.25) is 9.59 Å². The molecular weight excluding hydrogens is 378 g/mol. The van der Waals surface area contributed by atoms with E-state index < -0.39 is 0 Å². The summed E-state index contributed by atoms with van der Waals surface area (Å²) in [4.78, 5) is 29.9. The average molecular weight is 410 g/mol. The van der Waals surface area contributed by atoms with Crippen molar-refractivity contribution in [1.29, 1.82) is 0 Å². The lowest BCUT2D eigenvalue weighted by Crippen LogP contribution is -2.47. The highest BCUT2D eigenvalue weighted by atomic mass is 16.5. The normalized spacial score (nSPS) is 14.6. The number of carbonyl (C=O) groups is 2. The number of para-hydroxylation sites is 1. The van der Waals surface area contributed by atoms with Crippen molar-refractivity contribution in [2.75, 3.05) is 45.2 Å². The zero-order chi connectivity index (χ0) is 21.5. The van der Waals surface area contributed by atoms with Gasteiger partial charge in [0.1, 0.15) is 5.75 Å². The molecule has 1 saturated heterocycles.